The van der Waals surface area contributed by atoms with Crippen molar-refractivity contribution in [2.45, 2.75) is 46.2 Å². The summed E-state index contributed by atoms with van der Waals surface area (Å²) in [5, 5.41) is 8.47. The van der Waals surface area contributed by atoms with E-state index in [0.29, 0.717) is 12.5 Å². The lowest BCUT2D eigenvalue weighted by Crippen LogP contribution is -2.41. The number of nitrogens with one attached hydrogen (secondary N) is 1. The lowest BCUT2D eigenvalue weighted by atomic mass is 9.89. The Balaban J connectivity index is 0.000000163. The van der Waals surface area contributed by atoms with Crippen molar-refractivity contribution < 1.29 is 4.79 Å². The van der Waals surface area contributed by atoms with Crippen LogP contribution in [-0.4, -0.2) is 40.2 Å². The summed E-state index contributed by atoms with van der Waals surface area (Å²) in [5.41, 5.74) is 2.80. The molecule has 0 radical (unpaired) electrons. The van der Waals surface area contributed by atoms with Crippen LogP contribution in [0, 0.1) is 11.8 Å². The number of carbonyl (C=O) groups excluding carboxylic acids is 1. The summed E-state index contributed by atoms with van der Waals surface area (Å²) in [6, 6.07) is 5.82. The first kappa shape index (κ1) is 16.6. The minimum Gasteiger partial charge on any atom is -0.346 e. The maximum atomic E-state index is 11.8. The van der Waals surface area contributed by atoms with E-state index >= 15 is 0 Å². The molecule has 6 rings (SSSR count). The summed E-state index contributed by atoms with van der Waals surface area (Å²) in [6.45, 7) is 9.94. The molecule has 1 N–H and O–H groups in total. The highest BCUT2D eigenvalue weighted by Gasteiger charge is 2.24. The number of piperidine rings is 3. The summed E-state index contributed by atoms with van der Waals surface area (Å²) >= 11 is 0. The highest BCUT2D eigenvalue weighted by atomic mass is 16.1. The highest BCUT2D eigenvalue weighted by molar-refractivity contribution is 6.09. The Hall–Kier alpha value is -1.88. The van der Waals surface area contributed by atoms with Crippen LogP contribution in [0.1, 0.15) is 49.2 Å². The van der Waals surface area contributed by atoms with Crippen LogP contribution in [0.2, 0.25) is 0 Å². The van der Waals surface area contributed by atoms with Crippen LogP contribution in [0.5, 0.6) is 0 Å². The SMILES string of the molecule is C1CN2CCC1CC2.CC(C)Cn1nc2c3c(cccc31)C(=O)NC2. The molecule has 2 bridgehead atoms. The van der Waals surface area contributed by atoms with Crippen molar-refractivity contribution >= 4 is 16.8 Å². The van der Waals surface area contributed by atoms with E-state index in [1.165, 1.54) is 38.9 Å². The van der Waals surface area contributed by atoms with Crippen LogP contribution >= 0.6 is 0 Å². The predicted molar refractivity (Wildman–Crippen MR) is 99.5 cm³/mol. The summed E-state index contributed by atoms with van der Waals surface area (Å²) in [7, 11) is 0. The second-order valence-electron chi connectivity index (χ2n) is 7.98. The van der Waals surface area contributed by atoms with Crippen LogP contribution in [0.25, 0.3) is 10.9 Å². The van der Waals surface area contributed by atoms with Gasteiger partial charge in [-0.05, 0) is 62.9 Å². The van der Waals surface area contributed by atoms with Gasteiger partial charge < -0.3 is 10.2 Å². The molecule has 0 saturated carbocycles. The fraction of sp³-hybridized carbons (Fsp3) is 0.600. The zero-order valence-corrected chi connectivity index (χ0v) is 15.3. The molecule has 2 aromatic rings. The zero-order chi connectivity index (χ0) is 17.4. The van der Waals surface area contributed by atoms with Crippen LogP contribution in [-0.2, 0) is 13.1 Å². The molecule has 5 heteroatoms. The Morgan fingerprint density at radius 3 is 2.48 bits per heavy atom. The van der Waals surface area contributed by atoms with E-state index in [9.17, 15) is 4.79 Å². The Labute approximate surface area is 149 Å². The molecule has 0 atom stereocenters. The van der Waals surface area contributed by atoms with Gasteiger partial charge in [0.2, 0.25) is 0 Å². The van der Waals surface area contributed by atoms with Gasteiger partial charge in [-0.3, -0.25) is 9.48 Å². The third-order valence-electron chi connectivity index (χ3n) is 5.61. The Bertz CT molecular complexity index is 748. The fourth-order valence-corrected chi connectivity index (χ4v) is 4.23. The minimum atomic E-state index is 0.00666. The van der Waals surface area contributed by atoms with E-state index in [4.69, 9.17) is 0 Å². The van der Waals surface area contributed by atoms with Crippen LogP contribution in [0.15, 0.2) is 18.2 Å². The van der Waals surface area contributed by atoms with E-state index in [1.54, 1.807) is 0 Å². The molecule has 3 saturated heterocycles. The minimum absolute atomic E-state index is 0.00666. The quantitative estimate of drug-likeness (QED) is 0.914. The first-order chi connectivity index (χ1) is 12.1. The number of benzene rings is 1. The molecule has 5 heterocycles. The summed E-state index contributed by atoms with van der Waals surface area (Å²) < 4.78 is 2.01. The molecule has 4 aliphatic heterocycles. The fourth-order valence-electron chi connectivity index (χ4n) is 4.23. The van der Waals surface area contributed by atoms with Gasteiger partial charge in [0.25, 0.3) is 5.91 Å². The van der Waals surface area contributed by atoms with Crippen molar-refractivity contribution in [1.29, 1.82) is 0 Å². The number of hydrogen-bond donors (Lipinski definition) is 1. The monoisotopic (exact) mass is 340 g/mol. The molecular formula is C20H28N4O. The van der Waals surface area contributed by atoms with Crippen molar-refractivity contribution in [3.8, 4) is 0 Å². The number of amides is 1. The van der Waals surface area contributed by atoms with E-state index in [0.717, 1.165) is 34.6 Å². The van der Waals surface area contributed by atoms with Crippen LogP contribution in [0.3, 0.4) is 0 Å². The van der Waals surface area contributed by atoms with Crippen molar-refractivity contribution in [3.05, 3.63) is 29.5 Å². The average Bonchev–Trinajstić information content (AvgIpc) is 2.99. The van der Waals surface area contributed by atoms with E-state index in [1.807, 2.05) is 22.9 Å². The third kappa shape index (κ3) is 3.30. The van der Waals surface area contributed by atoms with Gasteiger partial charge in [0.15, 0.2) is 0 Å². The lowest BCUT2D eigenvalue weighted by Gasteiger charge is -2.38. The van der Waals surface area contributed by atoms with E-state index < -0.39 is 0 Å². The largest absolute Gasteiger partial charge is 0.346 e. The Morgan fingerprint density at radius 2 is 1.92 bits per heavy atom. The van der Waals surface area contributed by atoms with Crippen molar-refractivity contribution in [1.82, 2.24) is 20.0 Å². The van der Waals surface area contributed by atoms with Crippen molar-refractivity contribution in [2.24, 2.45) is 11.8 Å². The molecule has 1 aromatic carbocycles. The zero-order valence-electron chi connectivity index (χ0n) is 15.3. The molecule has 134 valence electrons. The van der Waals surface area contributed by atoms with E-state index in [2.05, 4.69) is 29.2 Å². The summed E-state index contributed by atoms with van der Waals surface area (Å²) in [5.74, 6) is 1.66. The van der Waals surface area contributed by atoms with Crippen LogP contribution in [0.4, 0.5) is 0 Å². The molecule has 4 aliphatic rings. The summed E-state index contributed by atoms with van der Waals surface area (Å²) in [4.78, 5) is 14.3. The molecule has 5 nitrogen and oxygen atoms in total. The molecule has 3 fully saturated rings. The van der Waals surface area contributed by atoms with Gasteiger partial charge in [-0.1, -0.05) is 19.9 Å². The molecule has 0 aliphatic carbocycles. The Morgan fingerprint density at radius 1 is 1.20 bits per heavy atom. The van der Waals surface area contributed by atoms with Gasteiger partial charge in [0.05, 0.1) is 23.3 Å². The van der Waals surface area contributed by atoms with Crippen molar-refractivity contribution in [2.75, 3.05) is 19.6 Å². The molecule has 1 aromatic heterocycles. The molecule has 25 heavy (non-hydrogen) atoms. The molecular weight excluding hydrogens is 312 g/mol. The number of aromatic nitrogens is 2. The van der Waals surface area contributed by atoms with Crippen LogP contribution < -0.4 is 5.32 Å². The second-order valence-corrected chi connectivity index (χ2v) is 7.98. The highest BCUT2D eigenvalue weighted by Crippen LogP contribution is 2.27. The van der Waals surface area contributed by atoms with E-state index in [-0.39, 0.29) is 5.91 Å². The first-order valence-corrected chi connectivity index (χ1v) is 9.61. The van der Waals surface area contributed by atoms with Gasteiger partial charge in [-0.25, -0.2) is 0 Å². The Kier molecular flexibility index (Phi) is 4.50. The average molecular weight is 340 g/mol. The summed E-state index contributed by atoms with van der Waals surface area (Å²) in [6.07, 6.45) is 4.46. The van der Waals surface area contributed by atoms with Gasteiger partial charge in [-0.15, -0.1) is 0 Å². The predicted octanol–water partition coefficient (Wildman–Crippen LogP) is 3.04. The number of hydrogen-bond acceptors (Lipinski definition) is 3. The lowest BCUT2D eigenvalue weighted by molar-refractivity contribution is 0.0948. The number of carbonyl (C=O) groups is 1. The topological polar surface area (TPSA) is 50.2 Å². The number of nitrogens with zero attached hydrogens (tertiary/aromatic N) is 3. The molecule has 1 amide bonds. The van der Waals surface area contributed by atoms with Gasteiger partial charge in [0, 0.05) is 11.9 Å². The normalized spacial score (nSPS) is 24.2. The second kappa shape index (κ2) is 6.79. The molecule has 0 spiro atoms. The van der Waals surface area contributed by atoms with Gasteiger partial charge in [-0.2, -0.15) is 5.10 Å². The maximum absolute atomic E-state index is 11.8. The smallest absolute Gasteiger partial charge is 0.252 e. The molecule has 0 unspecified atom stereocenters. The van der Waals surface area contributed by atoms with Gasteiger partial charge >= 0.3 is 0 Å². The number of fused-ring (bicyclic) bond motifs is 3. The van der Waals surface area contributed by atoms with Crippen molar-refractivity contribution in [3.63, 3.8) is 0 Å². The maximum Gasteiger partial charge on any atom is 0.252 e. The standard InChI is InChI=1S/C13H15N3O.C7H13N/c1-8(2)7-16-11-5-3-4-9-12(11)10(15-16)6-14-13(9)17;1-4-8-5-2-7(1)3-6-8/h3-5,8H,6-7H2,1-2H3,(H,14,17);7H,1-6H2. The first-order valence-electron chi connectivity index (χ1n) is 9.61. The van der Waals surface area contributed by atoms with Gasteiger partial charge in [0.1, 0.15) is 0 Å². The number of rotatable bonds is 2. The third-order valence-corrected chi connectivity index (χ3v) is 5.61.